The molecule has 0 amide bonds. The molecule has 0 saturated heterocycles. The minimum atomic E-state index is 0.0824. The van der Waals surface area contributed by atoms with Crippen LogP contribution in [0.3, 0.4) is 0 Å². The van der Waals surface area contributed by atoms with E-state index in [2.05, 4.69) is 65.8 Å². The summed E-state index contributed by atoms with van der Waals surface area (Å²) in [6.45, 7) is 2.16. The lowest BCUT2D eigenvalue weighted by Crippen LogP contribution is -2.14. The molecular weight excluding hydrogens is 370 g/mol. The number of benzene rings is 2. The molecule has 150 valence electrons. The second-order valence-corrected chi connectivity index (χ2v) is 7.71. The lowest BCUT2D eigenvalue weighted by atomic mass is 10.0. The third-order valence-electron chi connectivity index (χ3n) is 6.11. The summed E-state index contributed by atoms with van der Waals surface area (Å²) in [5.41, 5.74) is 8.83. The number of aliphatic imine (C=N–C) groups is 1. The molecule has 1 atom stereocenters. The Morgan fingerprint density at radius 3 is 2.57 bits per heavy atom. The van der Waals surface area contributed by atoms with Gasteiger partial charge in [0.05, 0.1) is 34.7 Å². The molecule has 0 saturated carbocycles. The third-order valence-corrected chi connectivity index (χ3v) is 6.11. The molecule has 1 N–H and O–H groups in total. The molecule has 5 heteroatoms. The standard InChI is InChI=1S/C25H25N5/c1-16(17-9-5-4-6-10-17)30-25-21(15-28-30)22(26-2)20-14-13-18-11-7-8-12-19(18)23(27-3)24(20)29-25/h4-12,15-16H,13-14H2,1-3H3,(H,26,29). The molecule has 0 radical (unpaired) electrons. The van der Waals surface area contributed by atoms with E-state index in [0.29, 0.717) is 0 Å². The van der Waals surface area contributed by atoms with E-state index in [4.69, 9.17) is 10.1 Å². The molecule has 1 aliphatic rings. The van der Waals surface area contributed by atoms with Crippen LogP contribution in [0.5, 0.6) is 0 Å². The van der Waals surface area contributed by atoms with Crippen LogP contribution in [0.1, 0.15) is 40.9 Å². The largest absolute Gasteiger partial charge is 0.387 e. The molecular formula is C25H25N5. The van der Waals surface area contributed by atoms with Crippen LogP contribution in [0, 0.1) is 0 Å². The minimum absolute atomic E-state index is 0.0824. The van der Waals surface area contributed by atoms with Crippen LogP contribution < -0.4 is 5.32 Å². The van der Waals surface area contributed by atoms with Crippen LogP contribution in [0.15, 0.2) is 65.8 Å². The minimum Gasteiger partial charge on any atom is -0.387 e. The summed E-state index contributed by atoms with van der Waals surface area (Å²) in [5.74, 6) is 0. The predicted molar refractivity (Wildman–Crippen MR) is 123 cm³/mol. The molecule has 2 aromatic carbocycles. The van der Waals surface area contributed by atoms with E-state index >= 15 is 0 Å². The van der Waals surface area contributed by atoms with E-state index in [-0.39, 0.29) is 6.04 Å². The molecule has 5 nitrogen and oxygen atoms in total. The average Bonchev–Trinajstić information content (AvgIpc) is 3.14. The van der Waals surface area contributed by atoms with Crippen LogP contribution in [0.4, 0.5) is 5.69 Å². The van der Waals surface area contributed by atoms with Crippen molar-refractivity contribution in [2.75, 3.05) is 19.4 Å². The topological polar surface area (TPSA) is 55.1 Å². The van der Waals surface area contributed by atoms with Gasteiger partial charge in [0.1, 0.15) is 0 Å². The molecule has 30 heavy (non-hydrogen) atoms. The number of pyridine rings is 1. The van der Waals surface area contributed by atoms with Gasteiger partial charge in [0.25, 0.3) is 0 Å². The second-order valence-electron chi connectivity index (χ2n) is 7.71. The first-order valence-electron chi connectivity index (χ1n) is 10.4. The van der Waals surface area contributed by atoms with Gasteiger partial charge in [-0.05, 0) is 30.9 Å². The number of rotatable bonds is 3. The van der Waals surface area contributed by atoms with Crippen molar-refractivity contribution in [3.8, 4) is 0 Å². The van der Waals surface area contributed by atoms with Gasteiger partial charge >= 0.3 is 0 Å². The van der Waals surface area contributed by atoms with E-state index in [9.17, 15) is 0 Å². The molecule has 2 aromatic heterocycles. The number of hydrogen-bond donors (Lipinski definition) is 1. The molecule has 0 aliphatic heterocycles. The van der Waals surface area contributed by atoms with Gasteiger partial charge in [0, 0.05) is 25.2 Å². The maximum atomic E-state index is 5.17. The average molecular weight is 396 g/mol. The first kappa shape index (κ1) is 18.6. The van der Waals surface area contributed by atoms with Crippen LogP contribution in [-0.4, -0.2) is 34.6 Å². The Kier molecular flexibility index (Phi) is 4.58. The number of aromatic nitrogens is 3. The number of nitrogens with zero attached hydrogens (tertiary/aromatic N) is 4. The van der Waals surface area contributed by atoms with Crippen molar-refractivity contribution in [1.29, 1.82) is 0 Å². The highest BCUT2D eigenvalue weighted by Gasteiger charge is 2.26. The highest BCUT2D eigenvalue weighted by atomic mass is 15.3. The Labute approximate surface area is 176 Å². The first-order chi connectivity index (χ1) is 14.7. The fourth-order valence-corrected chi connectivity index (χ4v) is 4.56. The van der Waals surface area contributed by atoms with Crippen LogP contribution in [0.2, 0.25) is 0 Å². The summed E-state index contributed by atoms with van der Waals surface area (Å²) < 4.78 is 2.02. The van der Waals surface area contributed by atoms with E-state index in [1.807, 2.05) is 31.0 Å². The van der Waals surface area contributed by atoms with Crippen LogP contribution in [0.25, 0.3) is 11.0 Å². The van der Waals surface area contributed by atoms with Gasteiger partial charge in [-0.25, -0.2) is 9.67 Å². The van der Waals surface area contributed by atoms with Crippen molar-refractivity contribution in [1.82, 2.24) is 14.8 Å². The van der Waals surface area contributed by atoms with Gasteiger partial charge < -0.3 is 5.32 Å². The van der Waals surface area contributed by atoms with E-state index in [1.54, 1.807) is 0 Å². The van der Waals surface area contributed by atoms with Gasteiger partial charge in [-0.3, -0.25) is 4.99 Å². The summed E-state index contributed by atoms with van der Waals surface area (Å²) in [6, 6.07) is 19.1. The molecule has 0 bridgehead atoms. The fraction of sp³-hybridized carbons (Fsp3) is 0.240. The van der Waals surface area contributed by atoms with E-state index in [1.165, 1.54) is 22.3 Å². The maximum absolute atomic E-state index is 5.17. The SMILES string of the molecule is CN=C1c2ccccc2CCc2c1nc1c(cnn1C(C)c1ccccc1)c2NC. The second kappa shape index (κ2) is 7.41. The van der Waals surface area contributed by atoms with E-state index < -0.39 is 0 Å². The Morgan fingerprint density at radius 1 is 1.03 bits per heavy atom. The Hall–Kier alpha value is -3.47. The highest BCUT2D eigenvalue weighted by Crippen LogP contribution is 2.35. The van der Waals surface area contributed by atoms with Gasteiger partial charge in [-0.1, -0.05) is 54.6 Å². The normalized spacial score (nSPS) is 15.5. The molecule has 1 aliphatic carbocycles. The number of fused-ring (bicyclic) bond motifs is 3. The quantitative estimate of drug-likeness (QED) is 0.549. The predicted octanol–water partition coefficient (Wildman–Crippen LogP) is 4.65. The van der Waals surface area contributed by atoms with Gasteiger partial charge in [0.15, 0.2) is 5.65 Å². The van der Waals surface area contributed by atoms with Gasteiger partial charge in [0.2, 0.25) is 0 Å². The van der Waals surface area contributed by atoms with Crippen molar-refractivity contribution in [2.45, 2.75) is 25.8 Å². The van der Waals surface area contributed by atoms with Gasteiger partial charge in [-0.2, -0.15) is 5.10 Å². The zero-order valence-corrected chi connectivity index (χ0v) is 17.6. The Morgan fingerprint density at radius 2 is 1.80 bits per heavy atom. The number of aryl methyl sites for hydroxylation is 1. The lowest BCUT2D eigenvalue weighted by Gasteiger charge is -2.17. The molecule has 5 rings (SSSR count). The first-order valence-corrected chi connectivity index (χ1v) is 10.4. The smallest absolute Gasteiger partial charge is 0.161 e. The van der Waals surface area contributed by atoms with Crippen LogP contribution in [-0.2, 0) is 12.8 Å². The fourth-order valence-electron chi connectivity index (χ4n) is 4.56. The Balaban J connectivity index is 1.76. The highest BCUT2D eigenvalue weighted by molar-refractivity contribution is 6.16. The number of anilines is 1. The summed E-state index contributed by atoms with van der Waals surface area (Å²) in [7, 11) is 3.84. The van der Waals surface area contributed by atoms with Crippen LogP contribution >= 0.6 is 0 Å². The molecule has 1 unspecified atom stereocenters. The zero-order valence-electron chi connectivity index (χ0n) is 17.6. The zero-order chi connectivity index (χ0) is 20.7. The lowest BCUT2D eigenvalue weighted by molar-refractivity contribution is 0.579. The van der Waals surface area contributed by atoms with Crippen molar-refractivity contribution in [2.24, 2.45) is 4.99 Å². The van der Waals surface area contributed by atoms with Crippen molar-refractivity contribution >= 4 is 22.4 Å². The molecule has 2 heterocycles. The Bertz CT molecular complexity index is 1250. The maximum Gasteiger partial charge on any atom is 0.161 e. The van der Waals surface area contributed by atoms with Crippen molar-refractivity contribution in [3.63, 3.8) is 0 Å². The monoisotopic (exact) mass is 395 g/mol. The summed E-state index contributed by atoms with van der Waals surface area (Å²) in [5, 5.41) is 9.24. The number of hydrogen-bond acceptors (Lipinski definition) is 4. The number of nitrogens with one attached hydrogen (secondary N) is 1. The molecule has 0 fully saturated rings. The molecule has 0 spiro atoms. The summed E-state index contributed by atoms with van der Waals surface area (Å²) in [6.07, 6.45) is 3.83. The summed E-state index contributed by atoms with van der Waals surface area (Å²) >= 11 is 0. The summed E-state index contributed by atoms with van der Waals surface area (Å²) in [4.78, 5) is 9.86. The van der Waals surface area contributed by atoms with E-state index in [0.717, 1.165) is 41.0 Å². The third kappa shape index (κ3) is 2.81. The van der Waals surface area contributed by atoms with Crippen molar-refractivity contribution in [3.05, 3.63) is 88.7 Å². The van der Waals surface area contributed by atoms with Crippen molar-refractivity contribution < 1.29 is 0 Å². The molecule has 4 aromatic rings. The van der Waals surface area contributed by atoms with Gasteiger partial charge in [-0.15, -0.1) is 0 Å².